The first-order chi connectivity index (χ1) is 14.4. The summed E-state index contributed by atoms with van der Waals surface area (Å²) in [6.45, 7) is 5.71. The standard InChI is InChI=1S/C23H24N2O3S2/c1-14-10-20(15(2)25(14)18-8-9-18)21(26)11-28-23(27)19-6-4-5-7-22(19)30-13-17-12-29-16(3)24-17/h4-7,10,12,18H,8-9,11,13H2,1-3H3. The third-order valence-corrected chi connectivity index (χ3v) is 7.11. The molecule has 1 fully saturated rings. The Balaban J connectivity index is 1.40. The molecular formula is C23H24N2O3S2. The van der Waals surface area contributed by atoms with Gasteiger partial charge in [0.1, 0.15) is 0 Å². The van der Waals surface area contributed by atoms with Crippen LogP contribution in [0.25, 0.3) is 0 Å². The Morgan fingerprint density at radius 1 is 1.20 bits per heavy atom. The fraction of sp³-hybridized carbons (Fsp3) is 0.348. The number of aromatic nitrogens is 2. The van der Waals surface area contributed by atoms with Crippen LogP contribution in [0.2, 0.25) is 0 Å². The molecule has 156 valence electrons. The number of ketones is 1. The number of Topliss-reactive ketones (excluding diaryl/α,β-unsaturated/α-hetero) is 1. The number of carbonyl (C=O) groups excluding carboxylic acids is 2. The number of hydrogen-bond acceptors (Lipinski definition) is 6. The molecule has 0 bridgehead atoms. The van der Waals surface area contributed by atoms with Crippen LogP contribution in [0.15, 0.2) is 40.6 Å². The fourth-order valence-corrected chi connectivity index (χ4v) is 5.28. The van der Waals surface area contributed by atoms with Gasteiger partial charge in [0.15, 0.2) is 6.61 Å². The number of nitrogens with zero attached hydrogens (tertiary/aromatic N) is 2. The molecule has 4 rings (SSSR count). The SMILES string of the molecule is Cc1nc(CSc2ccccc2C(=O)OCC(=O)c2cc(C)n(C3CC3)c2C)cs1. The zero-order chi connectivity index (χ0) is 21.3. The van der Waals surface area contributed by atoms with Gasteiger partial charge >= 0.3 is 5.97 Å². The molecule has 0 spiro atoms. The number of carbonyl (C=O) groups is 2. The normalized spacial score (nSPS) is 13.4. The predicted molar refractivity (Wildman–Crippen MR) is 120 cm³/mol. The van der Waals surface area contributed by atoms with E-state index in [1.54, 1.807) is 35.2 Å². The monoisotopic (exact) mass is 440 g/mol. The summed E-state index contributed by atoms with van der Waals surface area (Å²) in [6.07, 6.45) is 2.32. The number of rotatable bonds is 8. The molecule has 0 radical (unpaired) electrons. The molecule has 1 aliphatic rings. The quantitative estimate of drug-likeness (QED) is 0.262. The highest BCUT2D eigenvalue weighted by molar-refractivity contribution is 7.98. The van der Waals surface area contributed by atoms with Crippen molar-refractivity contribution in [3.63, 3.8) is 0 Å². The largest absolute Gasteiger partial charge is 0.454 e. The Kier molecular flexibility index (Phi) is 6.11. The lowest BCUT2D eigenvalue weighted by Gasteiger charge is -2.09. The van der Waals surface area contributed by atoms with Crippen molar-refractivity contribution in [2.24, 2.45) is 0 Å². The van der Waals surface area contributed by atoms with E-state index in [9.17, 15) is 9.59 Å². The van der Waals surface area contributed by atoms with Gasteiger partial charge in [-0.3, -0.25) is 4.79 Å². The summed E-state index contributed by atoms with van der Waals surface area (Å²) in [5.41, 5.74) is 4.17. The Labute approximate surface area is 184 Å². The molecule has 1 aliphatic carbocycles. The van der Waals surface area contributed by atoms with Crippen LogP contribution in [0.4, 0.5) is 0 Å². The molecule has 2 aromatic heterocycles. The molecule has 1 saturated carbocycles. The molecule has 30 heavy (non-hydrogen) atoms. The van der Waals surface area contributed by atoms with Gasteiger partial charge in [-0.1, -0.05) is 12.1 Å². The summed E-state index contributed by atoms with van der Waals surface area (Å²) in [5, 5.41) is 3.05. The number of esters is 1. The molecule has 0 amide bonds. The van der Waals surface area contributed by atoms with E-state index in [2.05, 4.69) is 9.55 Å². The lowest BCUT2D eigenvalue weighted by Crippen LogP contribution is -2.15. The third kappa shape index (κ3) is 4.52. The Morgan fingerprint density at radius 2 is 1.97 bits per heavy atom. The molecule has 2 heterocycles. The van der Waals surface area contributed by atoms with Crippen molar-refractivity contribution >= 4 is 34.9 Å². The van der Waals surface area contributed by atoms with Gasteiger partial charge in [-0.15, -0.1) is 23.1 Å². The molecule has 5 nitrogen and oxygen atoms in total. The van der Waals surface area contributed by atoms with Crippen molar-refractivity contribution in [1.82, 2.24) is 9.55 Å². The van der Waals surface area contributed by atoms with Gasteiger partial charge in [0.25, 0.3) is 0 Å². The fourth-order valence-electron chi connectivity index (χ4n) is 3.63. The molecule has 0 saturated heterocycles. The van der Waals surface area contributed by atoms with Gasteiger partial charge in [-0.05, 0) is 51.8 Å². The zero-order valence-corrected chi connectivity index (χ0v) is 18.9. The van der Waals surface area contributed by atoms with Crippen LogP contribution in [0.1, 0.15) is 61.7 Å². The van der Waals surface area contributed by atoms with Crippen molar-refractivity contribution in [3.8, 4) is 0 Å². The first kappa shape index (κ1) is 20.9. The van der Waals surface area contributed by atoms with E-state index in [1.807, 2.05) is 44.4 Å². The van der Waals surface area contributed by atoms with Gasteiger partial charge < -0.3 is 9.30 Å². The van der Waals surface area contributed by atoms with Gasteiger partial charge in [0.05, 0.1) is 16.3 Å². The second-order valence-corrected chi connectivity index (χ2v) is 9.61. The molecule has 0 atom stereocenters. The highest BCUT2D eigenvalue weighted by Crippen LogP contribution is 2.38. The predicted octanol–water partition coefficient (Wildman–Crippen LogP) is 5.54. The van der Waals surface area contributed by atoms with Crippen LogP contribution < -0.4 is 0 Å². The maximum Gasteiger partial charge on any atom is 0.339 e. The van der Waals surface area contributed by atoms with Crippen molar-refractivity contribution in [2.75, 3.05) is 6.61 Å². The van der Waals surface area contributed by atoms with Gasteiger partial charge in [0, 0.05) is 39.0 Å². The zero-order valence-electron chi connectivity index (χ0n) is 17.3. The van der Waals surface area contributed by atoms with E-state index in [4.69, 9.17) is 4.74 Å². The number of hydrogen-bond donors (Lipinski definition) is 0. The van der Waals surface area contributed by atoms with E-state index in [0.29, 0.717) is 22.9 Å². The molecule has 0 N–H and O–H groups in total. The minimum Gasteiger partial charge on any atom is -0.454 e. The Morgan fingerprint density at radius 3 is 2.67 bits per heavy atom. The van der Waals surface area contributed by atoms with Gasteiger partial charge in [-0.2, -0.15) is 0 Å². The first-order valence-electron chi connectivity index (χ1n) is 9.95. The van der Waals surface area contributed by atoms with E-state index in [-0.39, 0.29) is 12.4 Å². The summed E-state index contributed by atoms with van der Waals surface area (Å²) in [4.78, 5) is 30.7. The van der Waals surface area contributed by atoms with Gasteiger partial charge in [-0.25, -0.2) is 9.78 Å². The Bertz CT molecular complexity index is 1100. The second kappa shape index (κ2) is 8.78. The number of ether oxygens (including phenoxy) is 1. The average Bonchev–Trinajstić information content (AvgIpc) is 3.40. The van der Waals surface area contributed by atoms with Crippen LogP contribution in [0.3, 0.4) is 0 Å². The highest BCUT2D eigenvalue weighted by atomic mass is 32.2. The highest BCUT2D eigenvalue weighted by Gasteiger charge is 2.28. The van der Waals surface area contributed by atoms with Gasteiger partial charge in [0.2, 0.25) is 5.78 Å². The maximum atomic E-state index is 12.7. The molecular weight excluding hydrogens is 416 g/mol. The van der Waals surface area contributed by atoms with Crippen LogP contribution in [0.5, 0.6) is 0 Å². The van der Waals surface area contributed by atoms with E-state index in [1.165, 1.54) is 0 Å². The van der Waals surface area contributed by atoms with Crippen molar-refractivity contribution in [3.05, 3.63) is 68.9 Å². The van der Waals surface area contributed by atoms with Crippen molar-refractivity contribution in [1.29, 1.82) is 0 Å². The van der Waals surface area contributed by atoms with E-state index >= 15 is 0 Å². The molecule has 1 aromatic carbocycles. The van der Waals surface area contributed by atoms with Crippen LogP contribution in [-0.4, -0.2) is 27.9 Å². The average molecular weight is 441 g/mol. The second-order valence-electron chi connectivity index (χ2n) is 7.53. The summed E-state index contributed by atoms with van der Waals surface area (Å²) < 4.78 is 7.62. The van der Waals surface area contributed by atoms with Crippen molar-refractivity contribution < 1.29 is 14.3 Å². The third-order valence-electron chi connectivity index (χ3n) is 5.18. The topological polar surface area (TPSA) is 61.2 Å². The minimum absolute atomic E-state index is 0.161. The van der Waals surface area contributed by atoms with E-state index in [0.717, 1.165) is 39.8 Å². The number of benzene rings is 1. The van der Waals surface area contributed by atoms with Crippen LogP contribution in [0, 0.1) is 20.8 Å². The first-order valence-corrected chi connectivity index (χ1v) is 11.8. The molecule has 7 heteroatoms. The van der Waals surface area contributed by atoms with Crippen LogP contribution in [-0.2, 0) is 10.5 Å². The minimum atomic E-state index is -0.475. The smallest absolute Gasteiger partial charge is 0.339 e. The number of thiazole rings is 1. The number of aryl methyl sites for hydroxylation is 2. The van der Waals surface area contributed by atoms with Crippen LogP contribution >= 0.6 is 23.1 Å². The summed E-state index contributed by atoms with van der Waals surface area (Å²) in [7, 11) is 0. The van der Waals surface area contributed by atoms with Crippen molar-refractivity contribution in [2.45, 2.75) is 50.3 Å². The Hall–Kier alpha value is -2.38. The maximum absolute atomic E-state index is 12.7. The summed E-state index contributed by atoms with van der Waals surface area (Å²) in [6, 6.07) is 9.75. The number of thioether (sulfide) groups is 1. The molecule has 0 aliphatic heterocycles. The molecule has 0 unspecified atom stereocenters. The van der Waals surface area contributed by atoms with E-state index < -0.39 is 5.97 Å². The lowest BCUT2D eigenvalue weighted by molar-refractivity contribution is 0.0471. The summed E-state index contributed by atoms with van der Waals surface area (Å²) in [5.74, 6) is 0.0455. The lowest BCUT2D eigenvalue weighted by atomic mass is 10.1. The summed E-state index contributed by atoms with van der Waals surface area (Å²) >= 11 is 3.16. The molecule has 3 aromatic rings.